The third-order valence-electron chi connectivity index (χ3n) is 6.12. The van der Waals surface area contributed by atoms with Crippen molar-refractivity contribution >= 4 is 41.1 Å². The van der Waals surface area contributed by atoms with Crippen LogP contribution in [0.15, 0.2) is 18.2 Å². The summed E-state index contributed by atoms with van der Waals surface area (Å²) in [4.78, 5) is 25.2. The van der Waals surface area contributed by atoms with Gasteiger partial charge in [0.1, 0.15) is 0 Å². The Hall–Kier alpha value is -2.12. The van der Waals surface area contributed by atoms with E-state index in [9.17, 15) is 9.59 Å². The van der Waals surface area contributed by atoms with Crippen LogP contribution < -0.4 is 15.5 Å². The van der Waals surface area contributed by atoms with Gasteiger partial charge in [0.15, 0.2) is 5.82 Å². The standard InChI is InChI=1S/C19H23N5O2.ClH/c1-23-15-10-12(13-4-8-20-19(11-13)6-7-19)2-3-14(15)17(22-23)24-9-5-16(25)21-18(24)26;/h2-3,10,13,20H,4-9,11H2,1H3,(H,21,25,26);1H. The highest BCUT2D eigenvalue weighted by atomic mass is 35.5. The summed E-state index contributed by atoms with van der Waals surface area (Å²) in [5, 5.41) is 11.6. The number of piperidine rings is 1. The fourth-order valence-corrected chi connectivity index (χ4v) is 4.45. The molecule has 3 amide bonds. The van der Waals surface area contributed by atoms with Crippen LogP contribution in [-0.4, -0.2) is 40.3 Å². The molecule has 1 aliphatic carbocycles. The predicted molar refractivity (Wildman–Crippen MR) is 105 cm³/mol. The van der Waals surface area contributed by atoms with Crippen LogP contribution in [0.1, 0.15) is 43.6 Å². The molecule has 2 saturated heterocycles. The molecule has 27 heavy (non-hydrogen) atoms. The van der Waals surface area contributed by atoms with Gasteiger partial charge < -0.3 is 5.32 Å². The number of fused-ring (bicyclic) bond motifs is 1. The van der Waals surface area contributed by atoms with Crippen molar-refractivity contribution in [3.05, 3.63) is 23.8 Å². The maximum absolute atomic E-state index is 12.2. The predicted octanol–water partition coefficient (Wildman–Crippen LogP) is 2.44. The topological polar surface area (TPSA) is 79.3 Å². The number of carbonyl (C=O) groups is 2. The van der Waals surface area contributed by atoms with Gasteiger partial charge in [-0.3, -0.25) is 19.7 Å². The normalized spacial score (nSPS) is 24.0. The molecule has 0 radical (unpaired) electrons. The average molecular weight is 390 g/mol. The van der Waals surface area contributed by atoms with Crippen molar-refractivity contribution in [2.24, 2.45) is 7.05 Å². The minimum atomic E-state index is -0.389. The van der Waals surface area contributed by atoms with Gasteiger partial charge in [-0.2, -0.15) is 5.10 Å². The molecule has 1 unspecified atom stereocenters. The highest BCUT2D eigenvalue weighted by Gasteiger charge is 2.46. The minimum absolute atomic E-state index is 0. The number of hydrogen-bond acceptors (Lipinski definition) is 4. The van der Waals surface area contributed by atoms with Crippen LogP contribution in [-0.2, 0) is 11.8 Å². The number of benzene rings is 1. The van der Waals surface area contributed by atoms with Crippen molar-refractivity contribution in [3.63, 3.8) is 0 Å². The Labute approximate surface area is 163 Å². The first kappa shape index (κ1) is 18.3. The van der Waals surface area contributed by atoms with E-state index in [-0.39, 0.29) is 24.3 Å². The van der Waals surface area contributed by atoms with Crippen molar-refractivity contribution in [2.75, 3.05) is 18.0 Å². The molecular weight excluding hydrogens is 366 g/mol. The van der Waals surface area contributed by atoms with Crippen molar-refractivity contribution < 1.29 is 9.59 Å². The second kappa shape index (κ2) is 6.49. The first-order valence-corrected chi connectivity index (χ1v) is 9.38. The van der Waals surface area contributed by atoms with Gasteiger partial charge in [-0.25, -0.2) is 4.79 Å². The van der Waals surface area contributed by atoms with Crippen LogP contribution in [0.2, 0.25) is 0 Å². The van der Waals surface area contributed by atoms with Gasteiger partial charge in [-0.1, -0.05) is 6.07 Å². The van der Waals surface area contributed by atoms with E-state index in [1.165, 1.54) is 24.8 Å². The zero-order valence-electron chi connectivity index (χ0n) is 15.3. The number of carbonyl (C=O) groups excluding carboxylic acids is 2. The Bertz CT molecular complexity index is 920. The molecule has 3 aliphatic rings. The van der Waals surface area contributed by atoms with Crippen LogP contribution in [0.25, 0.3) is 10.9 Å². The summed E-state index contributed by atoms with van der Waals surface area (Å²) in [6.07, 6.45) is 5.27. The van der Waals surface area contributed by atoms with E-state index in [1.807, 2.05) is 11.7 Å². The lowest BCUT2D eigenvalue weighted by Gasteiger charge is -2.31. The van der Waals surface area contributed by atoms with Gasteiger partial charge >= 0.3 is 6.03 Å². The van der Waals surface area contributed by atoms with Crippen molar-refractivity contribution in [2.45, 2.75) is 43.6 Å². The van der Waals surface area contributed by atoms with E-state index >= 15 is 0 Å². The Balaban J connectivity index is 0.00000180. The molecule has 2 N–H and O–H groups in total. The number of nitrogens with one attached hydrogen (secondary N) is 2. The number of urea groups is 1. The van der Waals surface area contributed by atoms with Crippen LogP contribution in [0.4, 0.5) is 10.6 Å². The molecule has 7 nitrogen and oxygen atoms in total. The SMILES string of the molecule is Cl.Cn1nc(N2CCC(=O)NC2=O)c2ccc(C3CCNC4(CC4)C3)cc21. The van der Waals surface area contributed by atoms with Crippen molar-refractivity contribution in [1.29, 1.82) is 0 Å². The summed E-state index contributed by atoms with van der Waals surface area (Å²) >= 11 is 0. The fourth-order valence-electron chi connectivity index (χ4n) is 4.45. The number of hydrogen-bond donors (Lipinski definition) is 2. The minimum Gasteiger partial charge on any atom is -0.311 e. The Morgan fingerprint density at radius 2 is 2.07 bits per heavy atom. The zero-order chi connectivity index (χ0) is 17.9. The summed E-state index contributed by atoms with van der Waals surface area (Å²) < 4.78 is 1.84. The molecule has 3 fully saturated rings. The second-order valence-corrected chi connectivity index (χ2v) is 7.88. The Kier molecular flexibility index (Phi) is 4.39. The van der Waals surface area contributed by atoms with E-state index < -0.39 is 0 Å². The molecule has 1 atom stereocenters. The molecule has 1 aromatic carbocycles. The molecular formula is C19H24ClN5O2. The summed E-state index contributed by atoms with van der Waals surface area (Å²) in [5.41, 5.74) is 2.79. The molecule has 3 heterocycles. The number of amides is 3. The number of nitrogens with zero attached hydrogens (tertiary/aromatic N) is 3. The summed E-state index contributed by atoms with van der Waals surface area (Å²) in [6, 6.07) is 6.11. The van der Waals surface area contributed by atoms with Crippen molar-refractivity contribution in [1.82, 2.24) is 20.4 Å². The van der Waals surface area contributed by atoms with Crippen LogP contribution >= 0.6 is 12.4 Å². The smallest absolute Gasteiger partial charge is 0.311 e. The lowest BCUT2D eigenvalue weighted by Crippen LogP contribution is -2.49. The summed E-state index contributed by atoms with van der Waals surface area (Å²) in [6.45, 7) is 1.46. The first-order chi connectivity index (χ1) is 12.5. The number of aromatic nitrogens is 2. The van der Waals surface area contributed by atoms with Gasteiger partial charge in [0.05, 0.1) is 5.52 Å². The molecule has 1 saturated carbocycles. The first-order valence-electron chi connectivity index (χ1n) is 9.38. The van der Waals surface area contributed by atoms with Crippen LogP contribution in [0, 0.1) is 0 Å². The van der Waals surface area contributed by atoms with Gasteiger partial charge in [0.2, 0.25) is 5.91 Å². The fraction of sp³-hybridized carbons (Fsp3) is 0.526. The van der Waals surface area contributed by atoms with E-state index in [0.29, 0.717) is 30.2 Å². The van der Waals surface area contributed by atoms with Gasteiger partial charge in [0, 0.05) is 30.9 Å². The van der Waals surface area contributed by atoms with Crippen molar-refractivity contribution in [3.8, 4) is 0 Å². The van der Waals surface area contributed by atoms with E-state index in [0.717, 1.165) is 23.9 Å². The molecule has 2 aliphatic heterocycles. The third kappa shape index (κ3) is 3.08. The molecule has 8 heteroatoms. The Morgan fingerprint density at radius 1 is 1.26 bits per heavy atom. The van der Waals surface area contributed by atoms with Gasteiger partial charge in [-0.15, -0.1) is 12.4 Å². The molecule has 1 aromatic heterocycles. The summed E-state index contributed by atoms with van der Waals surface area (Å²) in [7, 11) is 1.91. The van der Waals surface area contributed by atoms with Crippen LogP contribution in [0.3, 0.4) is 0 Å². The second-order valence-electron chi connectivity index (χ2n) is 7.88. The maximum atomic E-state index is 12.2. The van der Waals surface area contributed by atoms with E-state index in [4.69, 9.17) is 0 Å². The number of rotatable bonds is 2. The molecule has 1 spiro atoms. The Morgan fingerprint density at radius 3 is 2.81 bits per heavy atom. The van der Waals surface area contributed by atoms with E-state index in [2.05, 4.69) is 33.9 Å². The lowest BCUT2D eigenvalue weighted by molar-refractivity contribution is -0.120. The molecule has 0 bridgehead atoms. The zero-order valence-corrected chi connectivity index (χ0v) is 16.1. The number of imide groups is 1. The largest absolute Gasteiger partial charge is 0.329 e. The number of aryl methyl sites for hydroxylation is 1. The highest BCUT2D eigenvalue weighted by molar-refractivity contribution is 6.08. The molecule has 5 rings (SSSR count). The van der Waals surface area contributed by atoms with Gasteiger partial charge in [0.25, 0.3) is 0 Å². The third-order valence-corrected chi connectivity index (χ3v) is 6.12. The molecule has 144 valence electrons. The lowest BCUT2D eigenvalue weighted by atomic mass is 9.85. The van der Waals surface area contributed by atoms with Gasteiger partial charge in [-0.05, 0) is 55.8 Å². The number of anilines is 1. The maximum Gasteiger partial charge on any atom is 0.329 e. The molecule has 2 aromatic rings. The highest BCUT2D eigenvalue weighted by Crippen LogP contribution is 2.47. The monoisotopic (exact) mass is 389 g/mol. The van der Waals surface area contributed by atoms with Crippen LogP contribution in [0.5, 0.6) is 0 Å². The quantitative estimate of drug-likeness (QED) is 0.826. The summed E-state index contributed by atoms with van der Waals surface area (Å²) in [5.74, 6) is 0.981. The van der Waals surface area contributed by atoms with E-state index in [1.54, 1.807) is 4.90 Å². The number of halogens is 1. The average Bonchev–Trinajstić information content (AvgIpc) is 3.29.